The van der Waals surface area contributed by atoms with Gasteiger partial charge in [-0.25, -0.2) is 0 Å². The Hall–Kier alpha value is -0.630. The molecule has 4 aliphatic carbocycles. The van der Waals surface area contributed by atoms with Crippen molar-refractivity contribution < 1.29 is 9.90 Å². The van der Waals surface area contributed by atoms with Gasteiger partial charge in [0, 0.05) is 6.42 Å². The Kier molecular flexibility index (Phi) is 3.25. The lowest BCUT2D eigenvalue weighted by Gasteiger charge is -2.65. The summed E-state index contributed by atoms with van der Waals surface area (Å²) in [7, 11) is 0. The lowest BCUT2D eigenvalue weighted by Crippen LogP contribution is -2.59. The Bertz CT molecular complexity index is 578. The van der Waals surface area contributed by atoms with Gasteiger partial charge in [0.25, 0.3) is 0 Å². The molecule has 128 valence electrons. The summed E-state index contributed by atoms with van der Waals surface area (Å²) >= 11 is 0. The van der Waals surface area contributed by atoms with Gasteiger partial charge in [-0.05, 0) is 78.6 Å². The average molecular weight is 316 g/mol. The topological polar surface area (TPSA) is 37.3 Å². The van der Waals surface area contributed by atoms with Crippen molar-refractivity contribution in [3.05, 3.63) is 11.6 Å². The van der Waals surface area contributed by atoms with Crippen molar-refractivity contribution in [1.29, 1.82) is 0 Å². The van der Waals surface area contributed by atoms with E-state index in [4.69, 9.17) is 0 Å². The largest absolute Gasteiger partial charge is 0.393 e. The molecule has 0 radical (unpaired) electrons. The van der Waals surface area contributed by atoms with Crippen LogP contribution in [-0.2, 0) is 4.79 Å². The predicted octanol–water partition coefficient (Wildman–Crippen LogP) is 4.52. The number of allylic oxidation sites excluding steroid dienone is 1. The molecule has 2 nitrogen and oxygen atoms in total. The van der Waals surface area contributed by atoms with Crippen LogP contribution in [0.15, 0.2) is 11.6 Å². The lowest BCUT2D eigenvalue weighted by atomic mass is 9.39. The molecule has 4 aliphatic rings. The number of rotatable bonds is 0. The van der Waals surface area contributed by atoms with Gasteiger partial charge < -0.3 is 5.11 Å². The lowest BCUT2D eigenvalue weighted by molar-refractivity contribution is -0.154. The van der Waals surface area contributed by atoms with Crippen LogP contribution < -0.4 is 0 Å². The zero-order valence-electron chi connectivity index (χ0n) is 15.2. The predicted molar refractivity (Wildman–Crippen MR) is 91.9 cm³/mol. The molecule has 0 bridgehead atoms. The fourth-order valence-electron chi connectivity index (χ4n) is 7.49. The maximum absolute atomic E-state index is 12.0. The summed E-state index contributed by atoms with van der Waals surface area (Å²) < 4.78 is 0. The highest BCUT2D eigenvalue weighted by Crippen LogP contribution is 2.71. The third-order valence-corrected chi connectivity index (χ3v) is 9.08. The van der Waals surface area contributed by atoms with E-state index in [2.05, 4.69) is 27.7 Å². The van der Waals surface area contributed by atoms with E-state index >= 15 is 0 Å². The second-order valence-corrected chi connectivity index (χ2v) is 9.77. The van der Waals surface area contributed by atoms with Gasteiger partial charge in [0.2, 0.25) is 0 Å². The smallest absolute Gasteiger partial charge is 0.155 e. The first-order chi connectivity index (χ1) is 10.7. The number of aliphatic hydroxyl groups is 1. The Labute approximate surface area is 140 Å². The summed E-state index contributed by atoms with van der Waals surface area (Å²) in [6.07, 6.45) is 9.26. The molecule has 0 saturated heterocycles. The fourth-order valence-corrected chi connectivity index (χ4v) is 7.49. The molecule has 2 heteroatoms. The standard InChI is InChI=1S/C21H32O2/c1-13-11-14-12-15(22)7-9-19(14,2)17-8-10-20(3)16(21(13,17)4)5-6-18(20)23/h12-13,16-18,23H,5-11H2,1-4H3/t13-,16-,17-,18+,19+,20+,21+/m1/s1. The van der Waals surface area contributed by atoms with Crippen molar-refractivity contribution >= 4 is 5.78 Å². The van der Waals surface area contributed by atoms with Crippen LogP contribution in [0.1, 0.15) is 72.6 Å². The van der Waals surface area contributed by atoms with Gasteiger partial charge in [-0.3, -0.25) is 4.79 Å². The molecule has 7 atom stereocenters. The summed E-state index contributed by atoms with van der Waals surface area (Å²) in [5, 5.41) is 10.6. The molecule has 0 heterocycles. The van der Waals surface area contributed by atoms with Gasteiger partial charge in [0.05, 0.1) is 6.10 Å². The molecule has 3 saturated carbocycles. The second kappa shape index (κ2) is 4.71. The minimum absolute atomic E-state index is 0.113. The Morgan fingerprint density at radius 2 is 1.83 bits per heavy atom. The van der Waals surface area contributed by atoms with E-state index in [-0.39, 0.29) is 16.9 Å². The first-order valence-electron chi connectivity index (χ1n) is 9.65. The van der Waals surface area contributed by atoms with E-state index in [1.165, 1.54) is 18.4 Å². The van der Waals surface area contributed by atoms with Crippen LogP contribution in [0.2, 0.25) is 0 Å². The number of aliphatic hydroxyl groups excluding tert-OH is 1. The van der Waals surface area contributed by atoms with Crippen LogP contribution in [0.5, 0.6) is 0 Å². The molecule has 23 heavy (non-hydrogen) atoms. The monoisotopic (exact) mass is 316 g/mol. The van der Waals surface area contributed by atoms with Crippen LogP contribution in [0.25, 0.3) is 0 Å². The molecular formula is C21H32O2. The molecule has 0 amide bonds. The number of fused-ring (bicyclic) bond motifs is 5. The van der Waals surface area contributed by atoms with E-state index < -0.39 is 0 Å². The quantitative estimate of drug-likeness (QED) is 0.713. The maximum atomic E-state index is 12.0. The molecule has 0 aromatic heterocycles. The van der Waals surface area contributed by atoms with Crippen LogP contribution in [0.3, 0.4) is 0 Å². The van der Waals surface area contributed by atoms with Crippen LogP contribution >= 0.6 is 0 Å². The van der Waals surface area contributed by atoms with Gasteiger partial charge in [0.15, 0.2) is 5.78 Å². The number of hydrogen-bond acceptors (Lipinski definition) is 2. The molecule has 0 unspecified atom stereocenters. The molecule has 0 spiro atoms. The van der Waals surface area contributed by atoms with E-state index in [0.717, 1.165) is 32.1 Å². The summed E-state index contributed by atoms with van der Waals surface area (Å²) in [5.74, 6) is 2.24. The van der Waals surface area contributed by atoms with Crippen molar-refractivity contribution in [3.8, 4) is 0 Å². The summed E-state index contributed by atoms with van der Waals surface area (Å²) in [6.45, 7) is 9.72. The van der Waals surface area contributed by atoms with Gasteiger partial charge in [0.1, 0.15) is 0 Å². The molecule has 1 N–H and O–H groups in total. The normalized spacial score (nSPS) is 55.7. The highest BCUT2D eigenvalue weighted by Gasteiger charge is 2.65. The Balaban J connectivity index is 1.81. The van der Waals surface area contributed by atoms with Crippen molar-refractivity contribution in [2.24, 2.45) is 34.0 Å². The fraction of sp³-hybridized carbons (Fsp3) is 0.857. The van der Waals surface area contributed by atoms with Gasteiger partial charge >= 0.3 is 0 Å². The minimum atomic E-state index is -0.116. The van der Waals surface area contributed by atoms with Crippen molar-refractivity contribution in [2.75, 3.05) is 0 Å². The summed E-state index contributed by atoms with van der Waals surface area (Å²) in [4.78, 5) is 12.0. The van der Waals surface area contributed by atoms with E-state index in [9.17, 15) is 9.90 Å². The van der Waals surface area contributed by atoms with Crippen LogP contribution in [0, 0.1) is 34.0 Å². The number of carbonyl (C=O) groups is 1. The first-order valence-corrected chi connectivity index (χ1v) is 9.65. The SMILES string of the molecule is C[C@@H]1CC2=CC(=O)CC[C@]2(C)[C@H]2CC[C@@]3(C)[C@@H](CC[C@@H]3O)[C@]12C. The van der Waals surface area contributed by atoms with Crippen molar-refractivity contribution in [1.82, 2.24) is 0 Å². The number of hydrogen-bond donors (Lipinski definition) is 1. The average Bonchev–Trinajstić information content (AvgIpc) is 2.79. The molecule has 0 aliphatic heterocycles. The minimum Gasteiger partial charge on any atom is -0.393 e. The third kappa shape index (κ3) is 1.82. The van der Waals surface area contributed by atoms with Crippen LogP contribution in [0.4, 0.5) is 0 Å². The highest BCUT2D eigenvalue weighted by atomic mass is 16.3. The zero-order chi connectivity index (χ0) is 16.6. The van der Waals surface area contributed by atoms with E-state index in [0.29, 0.717) is 29.0 Å². The molecule has 3 fully saturated rings. The summed E-state index contributed by atoms with van der Waals surface area (Å²) in [6, 6.07) is 0. The van der Waals surface area contributed by atoms with Gasteiger partial charge in [-0.2, -0.15) is 0 Å². The van der Waals surface area contributed by atoms with Crippen molar-refractivity contribution in [2.45, 2.75) is 78.7 Å². The molecule has 0 aromatic rings. The maximum Gasteiger partial charge on any atom is 0.155 e. The Morgan fingerprint density at radius 3 is 2.57 bits per heavy atom. The van der Waals surface area contributed by atoms with Crippen LogP contribution in [-0.4, -0.2) is 17.0 Å². The summed E-state index contributed by atoms with van der Waals surface area (Å²) in [5.41, 5.74) is 2.06. The molecular weight excluding hydrogens is 284 g/mol. The van der Waals surface area contributed by atoms with Gasteiger partial charge in [-0.1, -0.05) is 33.3 Å². The highest BCUT2D eigenvalue weighted by molar-refractivity contribution is 5.91. The number of carbonyl (C=O) groups excluding carboxylic acids is 1. The number of ketones is 1. The third-order valence-electron chi connectivity index (χ3n) is 9.08. The van der Waals surface area contributed by atoms with Crippen molar-refractivity contribution in [3.63, 3.8) is 0 Å². The molecule has 4 rings (SSSR count). The van der Waals surface area contributed by atoms with E-state index in [1.807, 2.05) is 6.08 Å². The zero-order valence-corrected chi connectivity index (χ0v) is 15.2. The van der Waals surface area contributed by atoms with E-state index in [1.54, 1.807) is 0 Å². The molecule has 0 aromatic carbocycles. The van der Waals surface area contributed by atoms with Gasteiger partial charge in [-0.15, -0.1) is 0 Å². The first kappa shape index (κ1) is 15.9. The second-order valence-electron chi connectivity index (χ2n) is 9.77. The Morgan fingerprint density at radius 1 is 1.09 bits per heavy atom.